The molecule has 0 unspecified atom stereocenters. The quantitative estimate of drug-likeness (QED) is 0.501. The first-order valence-corrected chi connectivity index (χ1v) is 10.7. The van der Waals surface area contributed by atoms with Crippen LogP contribution in [0.15, 0.2) is 58.4 Å². The van der Waals surface area contributed by atoms with Gasteiger partial charge in [0.1, 0.15) is 5.82 Å². The van der Waals surface area contributed by atoms with E-state index in [0.29, 0.717) is 18.3 Å². The molecule has 1 saturated heterocycles. The number of nitrogens with zero attached hydrogens (tertiary/aromatic N) is 2. The number of benzene rings is 2. The molecule has 0 aliphatic carbocycles. The Balaban J connectivity index is 1.66. The maximum absolute atomic E-state index is 14.2. The van der Waals surface area contributed by atoms with E-state index >= 15 is 0 Å². The average Bonchev–Trinajstić information content (AvgIpc) is 3.39. The molecule has 1 aromatic heterocycles. The van der Waals surface area contributed by atoms with Crippen LogP contribution in [0.2, 0.25) is 0 Å². The third-order valence-electron chi connectivity index (χ3n) is 4.62. The molecule has 1 amide bonds. The minimum absolute atomic E-state index is 0.0425. The molecular weight excluding hydrogens is 443 g/mol. The normalized spacial score (nSPS) is 16.3. The zero-order valence-corrected chi connectivity index (χ0v) is 17.4. The summed E-state index contributed by atoms with van der Waals surface area (Å²) in [5.41, 5.74) is 1.79. The Hall–Kier alpha value is -2.09. The predicted octanol–water partition coefficient (Wildman–Crippen LogP) is 5.54. The van der Waals surface area contributed by atoms with Gasteiger partial charge < -0.3 is 4.74 Å². The van der Waals surface area contributed by atoms with Crippen molar-refractivity contribution < 1.29 is 13.9 Å². The lowest BCUT2D eigenvalue weighted by Crippen LogP contribution is -2.38. The first kappa shape index (κ1) is 19.2. The summed E-state index contributed by atoms with van der Waals surface area (Å²) in [6.07, 6.45) is 1.79. The van der Waals surface area contributed by atoms with Crippen LogP contribution in [0.25, 0.3) is 11.3 Å². The van der Waals surface area contributed by atoms with Crippen LogP contribution in [0.5, 0.6) is 0 Å². The van der Waals surface area contributed by atoms with E-state index in [9.17, 15) is 9.18 Å². The van der Waals surface area contributed by atoms with Crippen LogP contribution in [0, 0.1) is 5.82 Å². The first-order chi connectivity index (χ1) is 13.6. The average molecular weight is 461 g/mol. The fourth-order valence-corrected chi connectivity index (χ4v) is 4.27. The Morgan fingerprint density at radius 2 is 2.04 bits per heavy atom. The second-order valence-electron chi connectivity index (χ2n) is 6.55. The zero-order chi connectivity index (χ0) is 19.5. The standard InChI is InChI=1S/C21H18BrFN2O2S/c22-15-9-7-14(8-10-15)19-13-28-21(24-19)25(12-16-4-3-11-27-16)20(26)17-5-1-2-6-18(17)23/h1-2,5-10,13,16H,3-4,11-12H2/t16-/m1/s1. The number of halogens is 2. The molecular formula is C21H18BrFN2O2S. The maximum Gasteiger partial charge on any atom is 0.263 e. The van der Waals surface area contributed by atoms with E-state index in [1.54, 1.807) is 17.0 Å². The van der Waals surface area contributed by atoms with Crippen molar-refractivity contribution in [2.75, 3.05) is 18.1 Å². The summed E-state index contributed by atoms with van der Waals surface area (Å²) >= 11 is 4.80. The van der Waals surface area contributed by atoms with E-state index in [1.165, 1.54) is 23.5 Å². The van der Waals surface area contributed by atoms with Gasteiger partial charge >= 0.3 is 0 Å². The summed E-state index contributed by atoms with van der Waals surface area (Å²) in [4.78, 5) is 19.3. The Labute approximate surface area is 175 Å². The van der Waals surface area contributed by atoms with Crippen LogP contribution in [-0.2, 0) is 4.74 Å². The van der Waals surface area contributed by atoms with Gasteiger partial charge in [0.15, 0.2) is 5.13 Å². The number of carbonyl (C=O) groups excluding carboxylic acids is 1. The van der Waals surface area contributed by atoms with Crippen LogP contribution in [0.1, 0.15) is 23.2 Å². The number of thiazole rings is 1. The second kappa shape index (κ2) is 8.51. The molecule has 1 fully saturated rings. The van der Waals surface area contributed by atoms with Crippen molar-refractivity contribution in [1.82, 2.24) is 4.98 Å². The van der Waals surface area contributed by atoms with E-state index in [-0.39, 0.29) is 11.7 Å². The summed E-state index contributed by atoms with van der Waals surface area (Å²) < 4.78 is 20.9. The Bertz CT molecular complexity index is 971. The lowest BCUT2D eigenvalue weighted by molar-refractivity contribution is 0.0914. The fraction of sp³-hybridized carbons (Fsp3) is 0.238. The molecule has 7 heteroatoms. The summed E-state index contributed by atoms with van der Waals surface area (Å²) in [6, 6.07) is 13.9. The van der Waals surface area contributed by atoms with Gasteiger partial charge in [-0.2, -0.15) is 0 Å². The van der Waals surface area contributed by atoms with Gasteiger partial charge in [0.25, 0.3) is 5.91 Å². The summed E-state index contributed by atoms with van der Waals surface area (Å²) in [5.74, 6) is -0.931. The minimum atomic E-state index is -0.533. The van der Waals surface area contributed by atoms with Gasteiger partial charge in [-0.3, -0.25) is 9.69 Å². The summed E-state index contributed by atoms with van der Waals surface area (Å²) in [6.45, 7) is 1.05. The molecule has 1 aliphatic heterocycles. The number of anilines is 1. The molecule has 0 bridgehead atoms. The first-order valence-electron chi connectivity index (χ1n) is 9.01. The molecule has 4 rings (SSSR count). The number of rotatable bonds is 5. The number of amides is 1. The van der Waals surface area contributed by atoms with Crippen molar-refractivity contribution >= 4 is 38.3 Å². The summed E-state index contributed by atoms with van der Waals surface area (Å²) in [7, 11) is 0. The molecule has 144 valence electrons. The van der Waals surface area contributed by atoms with Crippen molar-refractivity contribution in [3.8, 4) is 11.3 Å². The number of hydrogen-bond acceptors (Lipinski definition) is 4. The predicted molar refractivity (Wildman–Crippen MR) is 112 cm³/mol. The fourth-order valence-electron chi connectivity index (χ4n) is 3.16. The molecule has 0 radical (unpaired) electrons. The third kappa shape index (κ3) is 4.16. The highest BCUT2D eigenvalue weighted by molar-refractivity contribution is 9.10. The molecule has 2 aromatic carbocycles. The van der Waals surface area contributed by atoms with Gasteiger partial charge in [0.05, 0.1) is 23.9 Å². The van der Waals surface area contributed by atoms with E-state index in [1.807, 2.05) is 29.6 Å². The lowest BCUT2D eigenvalue weighted by atomic mass is 10.1. The Kier molecular flexibility index (Phi) is 5.85. The van der Waals surface area contributed by atoms with E-state index in [0.717, 1.165) is 28.6 Å². The Morgan fingerprint density at radius 3 is 2.75 bits per heavy atom. The molecule has 28 heavy (non-hydrogen) atoms. The van der Waals surface area contributed by atoms with Crippen molar-refractivity contribution in [2.45, 2.75) is 18.9 Å². The van der Waals surface area contributed by atoms with E-state index in [4.69, 9.17) is 4.74 Å². The van der Waals surface area contributed by atoms with Gasteiger partial charge in [0.2, 0.25) is 0 Å². The maximum atomic E-state index is 14.2. The zero-order valence-electron chi connectivity index (χ0n) is 15.0. The molecule has 1 atom stereocenters. The SMILES string of the molecule is O=C(c1ccccc1F)N(C[C@H]1CCCO1)c1nc(-c2ccc(Br)cc2)cs1. The monoisotopic (exact) mass is 460 g/mol. The van der Waals surface area contributed by atoms with Crippen LogP contribution in [0.4, 0.5) is 9.52 Å². The van der Waals surface area contributed by atoms with Gasteiger partial charge in [-0.15, -0.1) is 11.3 Å². The van der Waals surface area contributed by atoms with Crippen LogP contribution < -0.4 is 4.90 Å². The number of ether oxygens (including phenoxy) is 1. The highest BCUT2D eigenvalue weighted by Crippen LogP contribution is 2.30. The van der Waals surface area contributed by atoms with Gasteiger partial charge in [-0.1, -0.05) is 40.2 Å². The van der Waals surface area contributed by atoms with E-state index in [2.05, 4.69) is 20.9 Å². The van der Waals surface area contributed by atoms with Crippen molar-refractivity contribution in [3.63, 3.8) is 0 Å². The summed E-state index contributed by atoms with van der Waals surface area (Å²) in [5, 5.41) is 2.46. The van der Waals surface area contributed by atoms with Crippen LogP contribution in [0.3, 0.4) is 0 Å². The van der Waals surface area contributed by atoms with E-state index < -0.39 is 11.7 Å². The molecule has 4 nitrogen and oxygen atoms in total. The molecule has 0 saturated carbocycles. The largest absolute Gasteiger partial charge is 0.376 e. The minimum Gasteiger partial charge on any atom is -0.376 e. The van der Waals surface area contributed by atoms with Gasteiger partial charge in [-0.05, 0) is 37.1 Å². The number of aromatic nitrogens is 1. The molecule has 1 aliphatic rings. The molecule has 3 aromatic rings. The molecule has 0 spiro atoms. The van der Waals surface area contributed by atoms with Gasteiger partial charge in [0, 0.05) is 22.0 Å². The smallest absolute Gasteiger partial charge is 0.263 e. The van der Waals surface area contributed by atoms with Crippen LogP contribution in [-0.4, -0.2) is 30.1 Å². The lowest BCUT2D eigenvalue weighted by Gasteiger charge is -2.23. The number of carbonyl (C=O) groups is 1. The molecule has 0 N–H and O–H groups in total. The van der Waals surface area contributed by atoms with Crippen molar-refractivity contribution in [1.29, 1.82) is 0 Å². The topological polar surface area (TPSA) is 42.4 Å². The van der Waals surface area contributed by atoms with Crippen molar-refractivity contribution in [3.05, 3.63) is 69.8 Å². The van der Waals surface area contributed by atoms with Crippen LogP contribution >= 0.6 is 27.3 Å². The highest BCUT2D eigenvalue weighted by atomic mass is 79.9. The van der Waals surface area contributed by atoms with Gasteiger partial charge in [-0.25, -0.2) is 9.37 Å². The third-order valence-corrected chi connectivity index (χ3v) is 6.01. The number of hydrogen-bond donors (Lipinski definition) is 0. The second-order valence-corrected chi connectivity index (χ2v) is 8.31. The molecule has 2 heterocycles. The Morgan fingerprint density at radius 1 is 1.25 bits per heavy atom. The highest BCUT2D eigenvalue weighted by Gasteiger charge is 2.28. The van der Waals surface area contributed by atoms with Crippen molar-refractivity contribution in [2.24, 2.45) is 0 Å².